The van der Waals surface area contributed by atoms with Gasteiger partial charge in [0.1, 0.15) is 17.1 Å². The number of Topliss-reactive ketones (excluding diaryl/α,β-unsaturated/α-hetero) is 2. The van der Waals surface area contributed by atoms with E-state index in [2.05, 4.69) is 31.2 Å². The van der Waals surface area contributed by atoms with Gasteiger partial charge < -0.3 is 5.32 Å². The molecular formula is C15H7BrF3N3O2. The van der Waals surface area contributed by atoms with E-state index < -0.39 is 23.3 Å². The first kappa shape index (κ1) is 16.3. The predicted molar refractivity (Wildman–Crippen MR) is 81.7 cm³/mol. The molecule has 1 heterocycles. The topological polar surface area (TPSA) is 72.0 Å². The first-order valence-corrected chi connectivity index (χ1v) is 7.33. The summed E-state index contributed by atoms with van der Waals surface area (Å²) in [6.07, 6.45) is -1.99. The Kier molecular flexibility index (Phi) is 3.96. The van der Waals surface area contributed by atoms with Crippen molar-refractivity contribution in [1.82, 2.24) is 9.97 Å². The largest absolute Gasteiger partial charge is 0.416 e. The van der Waals surface area contributed by atoms with E-state index in [-0.39, 0.29) is 27.3 Å². The smallest absolute Gasteiger partial charge is 0.351 e. The lowest BCUT2D eigenvalue weighted by Crippen LogP contribution is -2.26. The summed E-state index contributed by atoms with van der Waals surface area (Å²) in [4.78, 5) is 32.3. The van der Waals surface area contributed by atoms with Crippen LogP contribution in [0.2, 0.25) is 0 Å². The molecule has 24 heavy (non-hydrogen) atoms. The Hall–Kier alpha value is -2.55. The van der Waals surface area contributed by atoms with Gasteiger partial charge in [0.2, 0.25) is 11.6 Å². The number of alkyl halides is 3. The van der Waals surface area contributed by atoms with Crippen molar-refractivity contribution in [2.75, 3.05) is 5.32 Å². The lowest BCUT2D eigenvalue weighted by Gasteiger charge is -2.18. The lowest BCUT2D eigenvalue weighted by molar-refractivity contribution is -0.137. The highest BCUT2D eigenvalue weighted by Gasteiger charge is 2.34. The molecule has 0 saturated carbocycles. The van der Waals surface area contributed by atoms with E-state index in [9.17, 15) is 22.8 Å². The van der Waals surface area contributed by atoms with Gasteiger partial charge in [-0.15, -0.1) is 0 Å². The third kappa shape index (κ3) is 2.82. The Morgan fingerprint density at radius 3 is 2.25 bits per heavy atom. The summed E-state index contributed by atoms with van der Waals surface area (Å²) in [7, 11) is 0. The van der Waals surface area contributed by atoms with Crippen LogP contribution in [-0.4, -0.2) is 21.5 Å². The summed E-state index contributed by atoms with van der Waals surface area (Å²) >= 11 is 3.00. The Morgan fingerprint density at radius 2 is 1.62 bits per heavy atom. The molecule has 1 aliphatic rings. The minimum absolute atomic E-state index is 0.0188. The average Bonchev–Trinajstić information content (AvgIpc) is 2.56. The van der Waals surface area contributed by atoms with Crippen LogP contribution in [-0.2, 0) is 6.18 Å². The van der Waals surface area contributed by atoms with Crippen molar-refractivity contribution in [1.29, 1.82) is 0 Å². The molecule has 0 saturated heterocycles. The number of hydrogen-bond donors (Lipinski definition) is 1. The predicted octanol–water partition coefficient (Wildman–Crippen LogP) is 3.59. The molecule has 1 aromatic carbocycles. The van der Waals surface area contributed by atoms with Gasteiger partial charge in [0.15, 0.2) is 0 Å². The molecule has 0 fully saturated rings. The molecule has 0 aliphatic heterocycles. The number of benzene rings is 1. The number of ketones is 2. The fourth-order valence-electron chi connectivity index (χ4n) is 2.14. The van der Waals surface area contributed by atoms with E-state index in [4.69, 9.17) is 0 Å². The second-order valence-corrected chi connectivity index (χ2v) is 5.60. The molecule has 0 unspecified atom stereocenters. The number of carbonyl (C=O) groups is 2. The molecule has 5 nitrogen and oxygen atoms in total. The number of fused-ring (bicyclic) bond motifs is 1. The molecule has 9 heteroatoms. The second kappa shape index (κ2) is 5.82. The average molecular weight is 398 g/mol. The van der Waals surface area contributed by atoms with Crippen molar-refractivity contribution >= 4 is 33.2 Å². The van der Waals surface area contributed by atoms with Gasteiger partial charge in [0.25, 0.3) is 0 Å². The molecule has 0 bridgehead atoms. The highest BCUT2D eigenvalue weighted by atomic mass is 79.9. The second-order valence-electron chi connectivity index (χ2n) is 4.80. The number of carbonyl (C=O) groups excluding carboxylic acids is 2. The summed E-state index contributed by atoms with van der Waals surface area (Å²) < 4.78 is 38.2. The van der Waals surface area contributed by atoms with Gasteiger partial charge in [0.05, 0.1) is 10.0 Å². The van der Waals surface area contributed by atoms with Gasteiger partial charge in [-0.2, -0.15) is 13.2 Å². The molecule has 3 rings (SSSR count). The lowest BCUT2D eigenvalue weighted by atomic mass is 10.0. The highest BCUT2D eigenvalue weighted by molar-refractivity contribution is 9.12. The van der Waals surface area contributed by atoms with Gasteiger partial charge in [-0.05, 0) is 34.1 Å². The number of rotatable bonds is 2. The van der Waals surface area contributed by atoms with Crippen LogP contribution in [0, 0.1) is 0 Å². The summed E-state index contributed by atoms with van der Waals surface area (Å²) in [5.41, 5.74) is -1.30. The maximum Gasteiger partial charge on any atom is 0.416 e. The maximum absolute atomic E-state index is 12.8. The first-order chi connectivity index (χ1) is 11.3. The third-order valence-electron chi connectivity index (χ3n) is 3.23. The number of nitrogens with one attached hydrogen (secondary N) is 1. The van der Waals surface area contributed by atoms with Crippen LogP contribution in [0.5, 0.6) is 0 Å². The highest BCUT2D eigenvalue weighted by Crippen LogP contribution is 2.32. The molecule has 1 aliphatic carbocycles. The minimum atomic E-state index is -4.52. The van der Waals surface area contributed by atoms with Crippen molar-refractivity contribution < 1.29 is 22.8 Å². The van der Waals surface area contributed by atoms with Crippen LogP contribution in [0.1, 0.15) is 26.5 Å². The van der Waals surface area contributed by atoms with Crippen molar-refractivity contribution in [2.45, 2.75) is 6.18 Å². The van der Waals surface area contributed by atoms with Crippen LogP contribution in [0.3, 0.4) is 0 Å². The molecule has 2 aromatic rings. The van der Waals surface area contributed by atoms with Crippen molar-refractivity contribution in [3.63, 3.8) is 0 Å². The van der Waals surface area contributed by atoms with Crippen LogP contribution in [0.25, 0.3) is 0 Å². The van der Waals surface area contributed by atoms with Crippen LogP contribution < -0.4 is 5.32 Å². The summed E-state index contributed by atoms with van der Waals surface area (Å²) in [5, 5.41) is 2.56. The van der Waals surface area contributed by atoms with Gasteiger partial charge >= 0.3 is 6.18 Å². The SMILES string of the molecule is O=C1C(Br)=C(Nc2cccc(C(F)(F)F)c2)C(=O)c2nccnc21. The van der Waals surface area contributed by atoms with Gasteiger partial charge in [-0.3, -0.25) is 9.59 Å². The standard InChI is InChI=1S/C15H7BrF3N3O2/c16-9-10(14(24)12-11(13(9)23)20-4-5-21-12)22-8-3-1-2-7(6-8)15(17,18)19/h1-6,22H. The number of anilines is 1. The fourth-order valence-corrected chi connectivity index (χ4v) is 2.60. The Labute approximate surface area is 141 Å². The molecule has 1 N–H and O–H groups in total. The summed E-state index contributed by atoms with van der Waals surface area (Å²) in [5.74, 6) is -1.21. The van der Waals surface area contributed by atoms with Crippen molar-refractivity contribution in [2.24, 2.45) is 0 Å². The van der Waals surface area contributed by atoms with Crippen molar-refractivity contribution in [3.05, 3.63) is 63.8 Å². The van der Waals surface area contributed by atoms with Gasteiger partial charge in [0, 0.05) is 18.1 Å². The van der Waals surface area contributed by atoms with Crippen LogP contribution in [0.4, 0.5) is 18.9 Å². The van der Waals surface area contributed by atoms with Crippen LogP contribution in [0.15, 0.2) is 46.8 Å². The normalized spacial score (nSPS) is 14.7. The number of hydrogen-bond acceptors (Lipinski definition) is 5. The summed E-state index contributed by atoms with van der Waals surface area (Å²) in [6.45, 7) is 0. The molecule has 0 atom stereocenters. The number of aromatic nitrogens is 2. The van der Waals surface area contributed by atoms with E-state index in [1.165, 1.54) is 24.5 Å². The molecule has 0 spiro atoms. The number of nitrogens with zero attached hydrogens (tertiary/aromatic N) is 2. The zero-order valence-corrected chi connectivity index (χ0v) is 13.3. The maximum atomic E-state index is 12.8. The zero-order chi connectivity index (χ0) is 17.5. The molecule has 122 valence electrons. The molecule has 0 radical (unpaired) electrons. The zero-order valence-electron chi connectivity index (χ0n) is 11.7. The van der Waals surface area contributed by atoms with Crippen molar-refractivity contribution in [3.8, 4) is 0 Å². The molecule has 0 amide bonds. The Morgan fingerprint density at radius 1 is 1.00 bits per heavy atom. The Balaban J connectivity index is 2.00. The molecular weight excluding hydrogens is 391 g/mol. The number of allylic oxidation sites excluding steroid dienone is 2. The van der Waals surface area contributed by atoms with Crippen LogP contribution >= 0.6 is 15.9 Å². The Bertz CT molecular complexity index is 894. The fraction of sp³-hybridized carbons (Fsp3) is 0.0667. The van der Waals surface area contributed by atoms with E-state index in [1.54, 1.807) is 0 Å². The van der Waals surface area contributed by atoms with Gasteiger partial charge in [-0.25, -0.2) is 9.97 Å². The number of halogens is 4. The monoisotopic (exact) mass is 397 g/mol. The van der Waals surface area contributed by atoms with Gasteiger partial charge in [-0.1, -0.05) is 6.07 Å². The van der Waals surface area contributed by atoms with E-state index in [1.807, 2.05) is 0 Å². The quantitative estimate of drug-likeness (QED) is 0.838. The first-order valence-electron chi connectivity index (χ1n) is 6.53. The summed E-state index contributed by atoms with van der Waals surface area (Å²) in [6, 6.07) is 4.30. The minimum Gasteiger partial charge on any atom is -0.351 e. The molecule has 1 aromatic heterocycles. The van der Waals surface area contributed by atoms with E-state index in [0.29, 0.717) is 0 Å². The third-order valence-corrected chi connectivity index (χ3v) is 3.99. The van der Waals surface area contributed by atoms with E-state index in [0.717, 1.165) is 12.1 Å². The van der Waals surface area contributed by atoms with E-state index >= 15 is 0 Å².